The smallest absolute Gasteiger partial charge is 0.258 e. The predicted octanol–water partition coefficient (Wildman–Crippen LogP) is 2.55. The van der Waals surface area contributed by atoms with Crippen molar-refractivity contribution in [1.82, 2.24) is 0 Å². The van der Waals surface area contributed by atoms with Crippen LogP contribution in [0, 0.1) is 10.1 Å². The summed E-state index contributed by atoms with van der Waals surface area (Å²) in [6, 6.07) is 6.71. The van der Waals surface area contributed by atoms with Crippen molar-refractivity contribution in [3.63, 3.8) is 0 Å². The van der Waals surface area contributed by atoms with E-state index < -0.39 is 0 Å². The topological polar surface area (TPSA) is 43.1 Å². The number of aryl methyl sites for hydroxylation is 1. The summed E-state index contributed by atoms with van der Waals surface area (Å²) < 4.78 is 0. The molecule has 0 amide bonds. The number of benzene rings is 1. The average Bonchev–Trinajstić information content (AvgIpc) is 2.06. The molecule has 12 heavy (non-hydrogen) atoms. The van der Waals surface area contributed by atoms with Crippen molar-refractivity contribution in [3.8, 4) is 0 Å². The summed E-state index contributed by atoms with van der Waals surface area (Å²) in [4.78, 5) is 9.90. The normalized spacial score (nSPS) is 9.75. The Morgan fingerprint density at radius 1 is 1.33 bits per heavy atom. The Bertz CT molecular complexity index is 266. The fourth-order valence-electron chi connectivity index (χ4n) is 1.07. The number of nitrogens with zero attached hydrogens (tertiary/aromatic N) is 1. The largest absolute Gasteiger partial charge is 0.269 e. The molecule has 0 N–H and O–H groups in total. The van der Waals surface area contributed by atoms with Crippen LogP contribution in [0.5, 0.6) is 0 Å². The molecular formula is C9H11NO2. The van der Waals surface area contributed by atoms with Gasteiger partial charge in [0.05, 0.1) is 4.92 Å². The Kier molecular flexibility index (Phi) is 2.80. The Labute approximate surface area is 71.2 Å². The molecule has 0 spiro atoms. The van der Waals surface area contributed by atoms with Crippen LogP contribution < -0.4 is 0 Å². The molecular weight excluding hydrogens is 154 g/mol. The van der Waals surface area contributed by atoms with Crippen molar-refractivity contribution in [3.05, 3.63) is 39.9 Å². The maximum atomic E-state index is 10.3. The van der Waals surface area contributed by atoms with Gasteiger partial charge in [-0.2, -0.15) is 0 Å². The summed E-state index contributed by atoms with van der Waals surface area (Å²) >= 11 is 0. The number of hydrogen-bond acceptors (Lipinski definition) is 2. The lowest BCUT2D eigenvalue weighted by molar-refractivity contribution is -0.384. The van der Waals surface area contributed by atoms with Crippen LogP contribution in [0.2, 0.25) is 0 Å². The highest BCUT2D eigenvalue weighted by atomic mass is 16.6. The van der Waals surface area contributed by atoms with E-state index in [2.05, 4.69) is 6.92 Å². The van der Waals surface area contributed by atoms with E-state index in [1.165, 1.54) is 0 Å². The molecule has 0 heterocycles. The molecule has 1 rings (SSSR count). The van der Waals surface area contributed by atoms with Gasteiger partial charge in [-0.05, 0) is 12.0 Å². The fraction of sp³-hybridized carbons (Fsp3) is 0.333. The molecule has 1 aromatic carbocycles. The standard InChI is InChI=1S/C9H11NO2/c1-2-3-8-4-6-9(7-5-8)10(11)12/h4-7H,2-3H2,1H3. The molecule has 0 unspecified atom stereocenters. The van der Waals surface area contributed by atoms with Crippen LogP contribution in [0.3, 0.4) is 0 Å². The van der Waals surface area contributed by atoms with Gasteiger partial charge in [0.25, 0.3) is 5.69 Å². The molecule has 3 heteroatoms. The van der Waals surface area contributed by atoms with E-state index in [4.69, 9.17) is 0 Å². The molecule has 0 aliphatic heterocycles. The summed E-state index contributed by atoms with van der Waals surface area (Å²) in [6.45, 7) is 2.08. The average molecular weight is 165 g/mol. The molecule has 0 aliphatic rings. The summed E-state index contributed by atoms with van der Waals surface area (Å²) in [5.74, 6) is 0. The van der Waals surface area contributed by atoms with Gasteiger partial charge in [-0.3, -0.25) is 10.1 Å². The van der Waals surface area contributed by atoms with E-state index in [0.29, 0.717) is 0 Å². The first-order valence-electron chi connectivity index (χ1n) is 3.97. The Morgan fingerprint density at radius 3 is 2.33 bits per heavy atom. The van der Waals surface area contributed by atoms with E-state index in [1.54, 1.807) is 12.1 Å². The van der Waals surface area contributed by atoms with E-state index in [9.17, 15) is 10.1 Å². The van der Waals surface area contributed by atoms with Crippen LogP contribution in [-0.4, -0.2) is 4.92 Å². The quantitative estimate of drug-likeness (QED) is 0.510. The second-order valence-electron chi connectivity index (χ2n) is 2.67. The molecule has 0 atom stereocenters. The third-order valence-electron chi connectivity index (χ3n) is 1.69. The second kappa shape index (κ2) is 3.85. The SMILES string of the molecule is CCCc1ccc([N+](=O)[O-])cc1. The van der Waals surface area contributed by atoms with Gasteiger partial charge in [0, 0.05) is 12.1 Å². The van der Waals surface area contributed by atoms with Gasteiger partial charge in [0.1, 0.15) is 0 Å². The van der Waals surface area contributed by atoms with E-state index in [0.717, 1.165) is 18.4 Å². The molecule has 0 saturated carbocycles. The lowest BCUT2D eigenvalue weighted by Crippen LogP contribution is -1.88. The minimum Gasteiger partial charge on any atom is -0.258 e. The minimum atomic E-state index is -0.379. The zero-order valence-corrected chi connectivity index (χ0v) is 6.99. The van der Waals surface area contributed by atoms with Crippen LogP contribution in [0.1, 0.15) is 18.9 Å². The van der Waals surface area contributed by atoms with E-state index in [-0.39, 0.29) is 10.6 Å². The Balaban J connectivity index is 2.78. The van der Waals surface area contributed by atoms with Gasteiger partial charge in [-0.15, -0.1) is 0 Å². The lowest BCUT2D eigenvalue weighted by atomic mass is 10.1. The highest BCUT2D eigenvalue weighted by Gasteiger charge is 2.02. The summed E-state index contributed by atoms with van der Waals surface area (Å²) in [7, 11) is 0. The lowest BCUT2D eigenvalue weighted by Gasteiger charge is -1.96. The molecule has 0 bridgehead atoms. The molecule has 3 nitrogen and oxygen atoms in total. The highest BCUT2D eigenvalue weighted by molar-refractivity contribution is 5.32. The van der Waals surface area contributed by atoms with E-state index >= 15 is 0 Å². The number of hydrogen-bond donors (Lipinski definition) is 0. The molecule has 1 aromatic rings. The molecule has 0 fully saturated rings. The number of non-ortho nitro benzene ring substituents is 1. The number of nitro benzene ring substituents is 1. The molecule has 0 aromatic heterocycles. The van der Waals surface area contributed by atoms with Crippen molar-refractivity contribution in [1.29, 1.82) is 0 Å². The van der Waals surface area contributed by atoms with Crippen molar-refractivity contribution in [2.45, 2.75) is 19.8 Å². The van der Waals surface area contributed by atoms with Crippen molar-refractivity contribution in [2.75, 3.05) is 0 Å². The van der Waals surface area contributed by atoms with Crippen LogP contribution in [-0.2, 0) is 6.42 Å². The zero-order valence-electron chi connectivity index (χ0n) is 6.99. The maximum Gasteiger partial charge on any atom is 0.269 e. The van der Waals surface area contributed by atoms with Crippen LogP contribution >= 0.6 is 0 Å². The Morgan fingerprint density at radius 2 is 1.92 bits per heavy atom. The third-order valence-corrected chi connectivity index (χ3v) is 1.69. The van der Waals surface area contributed by atoms with Gasteiger partial charge in [-0.25, -0.2) is 0 Å². The van der Waals surface area contributed by atoms with Crippen LogP contribution in [0.25, 0.3) is 0 Å². The highest BCUT2D eigenvalue weighted by Crippen LogP contribution is 2.12. The summed E-state index contributed by atoms with van der Waals surface area (Å²) in [6.07, 6.45) is 2.05. The second-order valence-corrected chi connectivity index (χ2v) is 2.67. The zero-order chi connectivity index (χ0) is 8.97. The minimum absolute atomic E-state index is 0.162. The van der Waals surface area contributed by atoms with Gasteiger partial charge < -0.3 is 0 Å². The predicted molar refractivity (Wildman–Crippen MR) is 47.1 cm³/mol. The first-order chi connectivity index (χ1) is 5.74. The Hall–Kier alpha value is -1.38. The third kappa shape index (κ3) is 2.05. The van der Waals surface area contributed by atoms with Gasteiger partial charge in [0.15, 0.2) is 0 Å². The molecule has 0 radical (unpaired) electrons. The number of nitro groups is 1. The van der Waals surface area contributed by atoms with Crippen molar-refractivity contribution in [2.24, 2.45) is 0 Å². The summed E-state index contributed by atoms with van der Waals surface area (Å²) in [5.41, 5.74) is 1.32. The fourth-order valence-corrected chi connectivity index (χ4v) is 1.07. The van der Waals surface area contributed by atoms with Crippen molar-refractivity contribution < 1.29 is 4.92 Å². The molecule has 0 aliphatic carbocycles. The molecule has 0 saturated heterocycles. The van der Waals surface area contributed by atoms with Crippen molar-refractivity contribution >= 4 is 5.69 Å². The van der Waals surface area contributed by atoms with Crippen LogP contribution in [0.15, 0.2) is 24.3 Å². The summed E-state index contributed by atoms with van der Waals surface area (Å²) in [5, 5.41) is 10.3. The maximum absolute atomic E-state index is 10.3. The van der Waals surface area contributed by atoms with E-state index in [1.807, 2.05) is 12.1 Å². The first kappa shape index (κ1) is 8.71. The van der Waals surface area contributed by atoms with Crippen LogP contribution in [0.4, 0.5) is 5.69 Å². The monoisotopic (exact) mass is 165 g/mol. The molecule has 64 valence electrons. The van der Waals surface area contributed by atoms with Gasteiger partial charge in [0.2, 0.25) is 0 Å². The van der Waals surface area contributed by atoms with Gasteiger partial charge >= 0.3 is 0 Å². The van der Waals surface area contributed by atoms with Gasteiger partial charge in [-0.1, -0.05) is 25.5 Å². The number of rotatable bonds is 3. The first-order valence-corrected chi connectivity index (χ1v) is 3.97.